The lowest BCUT2D eigenvalue weighted by molar-refractivity contribution is 0.585. The minimum absolute atomic E-state index is 0.0769. The van der Waals surface area contributed by atoms with Crippen molar-refractivity contribution < 1.29 is 8.42 Å². The van der Waals surface area contributed by atoms with Crippen molar-refractivity contribution in [2.75, 3.05) is 18.8 Å². The van der Waals surface area contributed by atoms with E-state index in [-0.39, 0.29) is 12.3 Å². The molecule has 0 fully saturated rings. The standard InChI is InChI=1S/C11H17N3O2S/c12-6-1-2-7-14-17(15,16)10-5-11-3-8-13-9-4-11/h1-4,8-9,14H,5-7,10,12H2/b2-1+. The lowest BCUT2D eigenvalue weighted by atomic mass is 10.2. The van der Waals surface area contributed by atoms with E-state index in [9.17, 15) is 8.42 Å². The minimum Gasteiger partial charge on any atom is -0.327 e. The van der Waals surface area contributed by atoms with E-state index in [0.717, 1.165) is 5.56 Å². The van der Waals surface area contributed by atoms with Crippen LogP contribution in [0.2, 0.25) is 0 Å². The summed E-state index contributed by atoms with van der Waals surface area (Å²) in [4.78, 5) is 3.87. The van der Waals surface area contributed by atoms with Gasteiger partial charge in [0.25, 0.3) is 0 Å². The molecule has 0 aliphatic heterocycles. The highest BCUT2D eigenvalue weighted by molar-refractivity contribution is 7.89. The van der Waals surface area contributed by atoms with Gasteiger partial charge in [0.05, 0.1) is 5.75 Å². The number of sulfonamides is 1. The third kappa shape index (κ3) is 6.15. The zero-order valence-corrected chi connectivity index (χ0v) is 10.4. The van der Waals surface area contributed by atoms with Gasteiger partial charge in [-0.3, -0.25) is 4.98 Å². The molecule has 94 valence electrons. The lowest BCUT2D eigenvalue weighted by Crippen LogP contribution is -2.27. The van der Waals surface area contributed by atoms with Crippen molar-refractivity contribution in [3.05, 3.63) is 42.2 Å². The van der Waals surface area contributed by atoms with Gasteiger partial charge in [-0.15, -0.1) is 0 Å². The molecule has 0 spiro atoms. The SMILES string of the molecule is NC/C=C/CNS(=O)(=O)CCc1ccncc1. The molecule has 1 aromatic heterocycles. The molecule has 0 aliphatic rings. The molecule has 0 saturated carbocycles. The monoisotopic (exact) mass is 255 g/mol. The topological polar surface area (TPSA) is 85.1 Å². The summed E-state index contributed by atoms with van der Waals surface area (Å²) >= 11 is 0. The van der Waals surface area contributed by atoms with Gasteiger partial charge in [0.1, 0.15) is 0 Å². The molecule has 0 bridgehead atoms. The molecular weight excluding hydrogens is 238 g/mol. The van der Waals surface area contributed by atoms with E-state index in [1.165, 1.54) is 0 Å². The zero-order chi connectivity index (χ0) is 12.6. The zero-order valence-electron chi connectivity index (χ0n) is 9.54. The van der Waals surface area contributed by atoms with E-state index >= 15 is 0 Å². The Hall–Kier alpha value is -1.24. The Bertz CT molecular complexity index is 443. The number of nitrogens with one attached hydrogen (secondary N) is 1. The molecule has 0 atom stereocenters. The van der Waals surface area contributed by atoms with Crippen LogP contribution < -0.4 is 10.5 Å². The highest BCUT2D eigenvalue weighted by atomic mass is 32.2. The van der Waals surface area contributed by atoms with Crippen LogP contribution in [0.25, 0.3) is 0 Å². The molecule has 0 radical (unpaired) electrons. The van der Waals surface area contributed by atoms with Gasteiger partial charge in [-0.25, -0.2) is 13.1 Å². The van der Waals surface area contributed by atoms with Crippen molar-refractivity contribution in [1.82, 2.24) is 9.71 Å². The van der Waals surface area contributed by atoms with Crippen molar-refractivity contribution in [3.63, 3.8) is 0 Å². The number of hydrogen-bond acceptors (Lipinski definition) is 4. The van der Waals surface area contributed by atoms with Crippen molar-refractivity contribution in [3.8, 4) is 0 Å². The summed E-state index contributed by atoms with van der Waals surface area (Å²) in [7, 11) is -3.22. The molecule has 1 aromatic rings. The van der Waals surface area contributed by atoms with Crippen LogP contribution in [-0.4, -0.2) is 32.2 Å². The molecule has 0 aliphatic carbocycles. The maximum Gasteiger partial charge on any atom is 0.212 e. The lowest BCUT2D eigenvalue weighted by Gasteiger charge is -2.04. The van der Waals surface area contributed by atoms with Gasteiger partial charge in [0, 0.05) is 25.5 Å². The van der Waals surface area contributed by atoms with Gasteiger partial charge in [-0.1, -0.05) is 12.2 Å². The number of pyridine rings is 1. The van der Waals surface area contributed by atoms with Crippen LogP contribution in [0.15, 0.2) is 36.7 Å². The summed E-state index contributed by atoms with van der Waals surface area (Å²) in [5, 5.41) is 0. The Kier molecular flexibility index (Phi) is 5.82. The minimum atomic E-state index is -3.22. The molecule has 1 heterocycles. The molecule has 17 heavy (non-hydrogen) atoms. The Morgan fingerprint density at radius 1 is 1.29 bits per heavy atom. The quantitative estimate of drug-likeness (QED) is 0.675. The first-order chi connectivity index (χ1) is 8.14. The van der Waals surface area contributed by atoms with Gasteiger partial charge in [0.2, 0.25) is 10.0 Å². The second-order valence-corrected chi connectivity index (χ2v) is 5.41. The first-order valence-electron chi connectivity index (χ1n) is 5.35. The predicted octanol–water partition coefficient (Wildman–Crippen LogP) is 0.0584. The summed E-state index contributed by atoms with van der Waals surface area (Å²) in [5.41, 5.74) is 6.20. The summed E-state index contributed by atoms with van der Waals surface area (Å²) in [6, 6.07) is 3.62. The van der Waals surface area contributed by atoms with Crippen LogP contribution in [0.1, 0.15) is 5.56 Å². The molecule has 0 saturated heterocycles. The predicted molar refractivity (Wildman–Crippen MR) is 67.9 cm³/mol. The molecule has 0 aromatic carbocycles. The Morgan fingerprint density at radius 2 is 2.00 bits per heavy atom. The normalized spacial score (nSPS) is 12.1. The number of aryl methyl sites for hydroxylation is 1. The van der Waals surface area contributed by atoms with Gasteiger partial charge >= 0.3 is 0 Å². The summed E-state index contributed by atoms with van der Waals surface area (Å²) < 4.78 is 25.6. The smallest absolute Gasteiger partial charge is 0.212 e. The molecular formula is C11H17N3O2S. The van der Waals surface area contributed by atoms with E-state index in [1.54, 1.807) is 24.5 Å². The van der Waals surface area contributed by atoms with Gasteiger partial charge in [-0.05, 0) is 24.1 Å². The number of nitrogens with zero attached hydrogens (tertiary/aromatic N) is 1. The van der Waals surface area contributed by atoms with Crippen LogP contribution in [0.5, 0.6) is 0 Å². The first kappa shape index (κ1) is 13.8. The summed E-state index contributed by atoms with van der Waals surface area (Å²) in [6.45, 7) is 0.703. The van der Waals surface area contributed by atoms with Crippen LogP contribution in [0.3, 0.4) is 0 Å². The maximum absolute atomic E-state index is 11.6. The summed E-state index contributed by atoms with van der Waals surface area (Å²) in [5.74, 6) is 0.0769. The fourth-order valence-corrected chi connectivity index (χ4v) is 2.23. The average Bonchev–Trinajstić information content (AvgIpc) is 2.34. The maximum atomic E-state index is 11.6. The number of hydrogen-bond donors (Lipinski definition) is 2. The fraction of sp³-hybridized carbons (Fsp3) is 0.364. The van der Waals surface area contributed by atoms with Crippen molar-refractivity contribution >= 4 is 10.0 Å². The largest absolute Gasteiger partial charge is 0.327 e. The Morgan fingerprint density at radius 3 is 2.65 bits per heavy atom. The number of aromatic nitrogens is 1. The van der Waals surface area contributed by atoms with E-state index in [2.05, 4.69) is 9.71 Å². The van der Waals surface area contributed by atoms with Crippen LogP contribution in [0, 0.1) is 0 Å². The average molecular weight is 255 g/mol. The van der Waals surface area contributed by atoms with E-state index < -0.39 is 10.0 Å². The second-order valence-electron chi connectivity index (χ2n) is 3.48. The van der Waals surface area contributed by atoms with Gasteiger partial charge in [-0.2, -0.15) is 0 Å². The molecule has 3 N–H and O–H groups in total. The molecule has 0 amide bonds. The fourth-order valence-electron chi connectivity index (χ4n) is 1.23. The molecule has 5 nitrogen and oxygen atoms in total. The van der Waals surface area contributed by atoms with Crippen molar-refractivity contribution in [2.45, 2.75) is 6.42 Å². The second kappa shape index (κ2) is 7.16. The Balaban J connectivity index is 2.37. The van der Waals surface area contributed by atoms with Gasteiger partial charge < -0.3 is 5.73 Å². The van der Waals surface area contributed by atoms with Crippen LogP contribution in [0.4, 0.5) is 0 Å². The third-order valence-corrected chi connectivity index (χ3v) is 3.48. The van der Waals surface area contributed by atoms with Crippen LogP contribution >= 0.6 is 0 Å². The number of rotatable bonds is 7. The van der Waals surface area contributed by atoms with Crippen molar-refractivity contribution in [1.29, 1.82) is 0 Å². The van der Waals surface area contributed by atoms with Crippen LogP contribution in [-0.2, 0) is 16.4 Å². The summed E-state index contributed by atoms with van der Waals surface area (Å²) in [6.07, 6.45) is 7.20. The third-order valence-electron chi connectivity index (χ3n) is 2.13. The van der Waals surface area contributed by atoms with Crippen molar-refractivity contribution in [2.24, 2.45) is 5.73 Å². The Labute approximate surface area is 102 Å². The highest BCUT2D eigenvalue weighted by Crippen LogP contribution is 1.99. The van der Waals surface area contributed by atoms with E-state index in [4.69, 9.17) is 5.73 Å². The van der Waals surface area contributed by atoms with Gasteiger partial charge in [0.15, 0.2) is 0 Å². The molecule has 6 heteroatoms. The molecule has 0 unspecified atom stereocenters. The molecule has 1 rings (SSSR count). The van der Waals surface area contributed by atoms with E-state index in [0.29, 0.717) is 13.0 Å². The first-order valence-corrected chi connectivity index (χ1v) is 7.00. The van der Waals surface area contributed by atoms with E-state index in [1.807, 2.05) is 12.1 Å². The highest BCUT2D eigenvalue weighted by Gasteiger charge is 2.08. The number of nitrogens with two attached hydrogens (primary N) is 1.